The molecule has 2 N–H and O–H groups in total. The number of nitrogens with zero attached hydrogens (tertiary/aromatic N) is 1. The summed E-state index contributed by atoms with van der Waals surface area (Å²) in [5.41, 5.74) is 3.26. The van der Waals surface area contributed by atoms with Crippen LogP contribution in [0.2, 0.25) is 0 Å². The van der Waals surface area contributed by atoms with Gasteiger partial charge < -0.3 is 10.6 Å². The van der Waals surface area contributed by atoms with Crippen LogP contribution in [0.4, 0.5) is 11.5 Å². The van der Waals surface area contributed by atoms with Crippen molar-refractivity contribution in [1.29, 1.82) is 0 Å². The Balaban J connectivity index is 1.72. The van der Waals surface area contributed by atoms with Crippen molar-refractivity contribution < 1.29 is 4.79 Å². The van der Waals surface area contributed by atoms with Crippen molar-refractivity contribution in [2.45, 2.75) is 13.3 Å². The molecule has 0 spiro atoms. The van der Waals surface area contributed by atoms with Crippen LogP contribution in [0, 0.1) is 12.8 Å². The van der Waals surface area contributed by atoms with Gasteiger partial charge in [0.25, 0.3) is 0 Å². The van der Waals surface area contributed by atoms with Gasteiger partial charge in [0.2, 0.25) is 5.91 Å². The van der Waals surface area contributed by atoms with E-state index in [1.54, 1.807) is 6.20 Å². The number of nitrogens with one attached hydrogen (secondary N) is 2. The molecule has 0 radical (unpaired) electrons. The molecule has 2 heterocycles. The number of rotatable bonds is 2. The summed E-state index contributed by atoms with van der Waals surface area (Å²) in [6.07, 6.45) is 2.45. The first kappa shape index (κ1) is 14.1. The van der Waals surface area contributed by atoms with Crippen molar-refractivity contribution in [3.8, 4) is 0 Å². The Hall–Kier alpha value is -1.88. The van der Waals surface area contributed by atoms with Crippen LogP contribution in [-0.4, -0.2) is 17.4 Å². The number of halogens is 1. The Morgan fingerprint density at radius 3 is 3.05 bits per heavy atom. The van der Waals surface area contributed by atoms with Gasteiger partial charge in [-0.05, 0) is 52.5 Å². The Morgan fingerprint density at radius 2 is 2.24 bits per heavy atom. The first-order valence-electron chi connectivity index (χ1n) is 6.88. The lowest BCUT2D eigenvalue weighted by molar-refractivity contribution is -0.119. The second-order valence-corrected chi connectivity index (χ2v) is 6.16. The standard InChI is InChI=1S/C16H16BrN3O/c1-10-6-13(17)9-19-15(10)20-16(21)12-7-11-4-2-3-5-14(11)18-8-12/h2-6,9,12,18H,7-8H2,1H3,(H,19,20,21). The normalized spacial score (nSPS) is 16.8. The third kappa shape index (κ3) is 3.08. The molecular weight excluding hydrogens is 330 g/mol. The van der Waals surface area contributed by atoms with E-state index in [9.17, 15) is 4.79 Å². The maximum absolute atomic E-state index is 12.4. The molecule has 0 aliphatic carbocycles. The SMILES string of the molecule is Cc1cc(Br)cnc1NC(=O)C1CNc2ccccc2C1. The van der Waals surface area contributed by atoms with E-state index in [2.05, 4.69) is 37.6 Å². The molecule has 0 fully saturated rings. The monoisotopic (exact) mass is 345 g/mol. The van der Waals surface area contributed by atoms with E-state index in [-0.39, 0.29) is 11.8 Å². The summed E-state index contributed by atoms with van der Waals surface area (Å²) >= 11 is 3.37. The molecule has 108 valence electrons. The minimum Gasteiger partial charge on any atom is -0.384 e. The highest BCUT2D eigenvalue weighted by Crippen LogP contribution is 2.25. The van der Waals surface area contributed by atoms with E-state index in [1.165, 1.54) is 5.56 Å². The van der Waals surface area contributed by atoms with Crippen LogP contribution in [0.25, 0.3) is 0 Å². The topological polar surface area (TPSA) is 54.0 Å². The average Bonchev–Trinajstić information content (AvgIpc) is 2.49. The Kier molecular flexibility index (Phi) is 3.92. The lowest BCUT2D eigenvalue weighted by Crippen LogP contribution is -2.34. The van der Waals surface area contributed by atoms with E-state index in [0.717, 1.165) is 22.1 Å². The van der Waals surface area contributed by atoms with E-state index in [1.807, 2.05) is 31.2 Å². The molecule has 2 aromatic rings. The van der Waals surface area contributed by atoms with E-state index >= 15 is 0 Å². The van der Waals surface area contributed by atoms with Crippen molar-refractivity contribution in [1.82, 2.24) is 4.98 Å². The zero-order valence-corrected chi connectivity index (χ0v) is 13.3. The number of anilines is 2. The summed E-state index contributed by atoms with van der Waals surface area (Å²) in [5, 5.41) is 6.24. The minimum atomic E-state index is -0.0789. The number of hydrogen-bond donors (Lipinski definition) is 2. The molecule has 4 nitrogen and oxygen atoms in total. The zero-order valence-electron chi connectivity index (χ0n) is 11.7. The first-order valence-corrected chi connectivity index (χ1v) is 7.67. The number of benzene rings is 1. The molecule has 0 saturated carbocycles. The number of hydrogen-bond acceptors (Lipinski definition) is 3. The lowest BCUT2D eigenvalue weighted by atomic mass is 9.93. The summed E-state index contributed by atoms with van der Waals surface area (Å²) in [6, 6.07) is 10.0. The molecule has 1 aliphatic heterocycles. The summed E-state index contributed by atoms with van der Waals surface area (Å²) in [5.74, 6) is 0.557. The number of aromatic nitrogens is 1. The van der Waals surface area contributed by atoms with Crippen molar-refractivity contribution in [2.24, 2.45) is 5.92 Å². The molecule has 5 heteroatoms. The highest BCUT2D eigenvalue weighted by molar-refractivity contribution is 9.10. The molecule has 0 saturated heterocycles. The van der Waals surface area contributed by atoms with E-state index < -0.39 is 0 Å². The highest BCUT2D eigenvalue weighted by atomic mass is 79.9. The predicted molar refractivity (Wildman–Crippen MR) is 87.4 cm³/mol. The minimum absolute atomic E-state index is 0.00919. The molecule has 1 aromatic heterocycles. The molecule has 1 aliphatic rings. The van der Waals surface area contributed by atoms with Crippen LogP contribution >= 0.6 is 15.9 Å². The Bertz CT molecular complexity index is 687. The van der Waals surface area contributed by atoms with Crippen molar-refractivity contribution in [2.75, 3.05) is 17.2 Å². The largest absolute Gasteiger partial charge is 0.384 e. The van der Waals surface area contributed by atoms with Gasteiger partial charge in [0.15, 0.2) is 0 Å². The maximum atomic E-state index is 12.4. The van der Waals surface area contributed by atoms with Gasteiger partial charge in [-0.25, -0.2) is 4.98 Å². The van der Waals surface area contributed by atoms with Gasteiger partial charge in [0.05, 0.1) is 5.92 Å². The molecular formula is C16H16BrN3O. The number of carbonyl (C=O) groups is 1. The van der Waals surface area contributed by atoms with Crippen LogP contribution in [0.3, 0.4) is 0 Å². The van der Waals surface area contributed by atoms with Crippen LogP contribution in [0.1, 0.15) is 11.1 Å². The molecule has 1 unspecified atom stereocenters. The number of amides is 1. The number of aryl methyl sites for hydroxylation is 1. The van der Waals surface area contributed by atoms with Crippen LogP contribution in [0.15, 0.2) is 41.0 Å². The van der Waals surface area contributed by atoms with Crippen LogP contribution < -0.4 is 10.6 Å². The van der Waals surface area contributed by atoms with Gasteiger partial charge in [0.1, 0.15) is 5.82 Å². The van der Waals surface area contributed by atoms with Crippen LogP contribution in [0.5, 0.6) is 0 Å². The fraction of sp³-hybridized carbons (Fsp3) is 0.250. The maximum Gasteiger partial charge on any atom is 0.230 e. The average molecular weight is 346 g/mol. The fourth-order valence-electron chi connectivity index (χ4n) is 2.52. The second kappa shape index (κ2) is 5.85. The molecule has 0 bridgehead atoms. The van der Waals surface area contributed by atoms with Crippen molar-refractivity contribution >= 4 is 33.3 Å². The van der Waals surface area contributed by atoms with Gasteiger partial charge in [-0.3, -0.25) is 4.79 Å². The molecule has 1 aromatic carbocycles. The number of fused-ring (bicyclic) bond motifs is 1. The van der Waals surface area contributed by atoms with Gasteiger partial charge in [0, 0.05) is 22.9 Å². The molecule has 21 heavy (non-hydrogen) atoms. The van der Waals surface area contributed by atoms with E-state index in [4.69, 9.17) is 0 Å². The smallest absolute Gasteiger partial charge is 0.230 e. The first-order chi connectivity index (χ1) is 10.1. The van der Waals surface area contributed by atoms with E-state index in [0.29, 0.717) is 12.4 Å². The third-order valence-electron chi connectivity index (χ3n) is 3.68. The Morgan fingerprint density at radius 1 is 1.43 bits per heavy atom. The Labute approximate surface area is 132 Å². The van der Waals surface area contributed by atoms with Gasteiger partial charge >= 0.3 is 0 Å². The zero-order chi connectivity index (χ0) is 14.8. The fourth-order valence-corrected chi connectivity index (χ4v) is 2.96. The summed E-state index contributed by atoms with van der Waals surface area (Å²) in [6.45, 7) is 2.58. The molecule has 1 atom stereocenters. The number of para-hydroxylation sites is 1. The summed E-state index contributed by atoms with van der Waals surface area (Å²) < 4.78 is 0.909. The second-order valence-electron chi connectivity index (χ2n) is 5.25. The lowest BCUT2D eigenvalue weighted by Gasteiger charge is -2.25. The highest BCUT2D eigenvalue weighted by Gasteiger charge is 2.24. The third-order valence-corrected chi connectivity index (χ3v) is 4.11. The predicted octanol–water partition coefficient (Wildman–Crippen LogP) is 3.38. The van der Waals surface area contributed by atoms with Crippen LogP contribution in [-0.2, 0) is 11.2 Å². The summed E-state index contributed by atoms with van der Waals surface area (Å²) in [7, 11) is 0. The van der Waals surface area contributed by atoms with Gasteiger partial charge in [-0.1, -0.05) is 18.2 Å². The number of pyridine rings is 1. The quantitative estimate of drug-likeness (QED) is 0.877. The summed E-state index contributed by atoms with van der Waals surface area (Å²) in [4.78, 5) is 16.7. The number of carbonyl (C=O) groups excluding carboxylic acids is 1. The van der Waals surface area contributed by atoms with Crippen molar-refractivity contribution in [3.05, 3.63) is 52.1 Å². The van der Waals surface area contributed by atoms with Gasteiger partial charge in [-0.2, -0.15) is 0 Å². The van der Waals surface area contributed by atoms with Crippen molar-refractivity contribution in [3.63, 3.8) is 0 Å². The van der Waals surface area contributed by atoms with Gasteiger partial charge in [-0.15, -0.1) is 0 Å². The molecule has 3 rings (SSSR count). The molecule has 1 amide bonds.